The molecule has 3 nitrogen and oxygen atoms in total. The van der Waals surface area contributed by atoms with Gasteiger partial charge in [-0.15, -0.1) is 6.58 Å². The lowest BCUT2D eigenvalue weighted by atomic mass is 10.2. The molecule has 0 aromatic carbocycles. The molecule has 0 unspecified atom stereocenters. The summed E-state index contributed by atoms with van der Waals surface area (Å²) in [5.41, 5.74) is 2.33. The Morgan fingerprint density at radius 2 is 2.22 bits per heavy atom. The van der Waals surface area contributed by atoms with Gasteiger partial charge in [-0.2, -0.15) is 0 Å². The second-order valence-electron chi connectivity index (χ2n) is 5.11. The van der Waals surface area contributed by atoms with Crippen molar-refractivity contribution < 1.29 is 9.15 Å². The number of nitrogens with one attached hydrogen (secondary N) is 1. The summed E-state index contributed by atoms with van der Waals surface area (Å²) >= 11 is 0. The topological polar surface area (TPSA) is 34.4 Å². The summed E-state index contributed by atoms with van der Waals surface area (Å²) in [7, 11) is 0. The highest BCUT2D eigenvalue weighted by atomic mass is 16.5. The van der Waals surface area contributed by atoms with Crippen molar-refractivity contribution in [3.8, 4) is 0 Å². The summed E-state index contributed by atoms with van der Waals surface area (Å²) < 4.78 is 11.3. The van der Waals surface area contributed by atoms with Gasteiger partial charge in [-0.25, -0.2) is 0 Å². The lowest BCUT2D eigenvalue weighted by Crippen LogP contribution is -2.21. The molecule has 0 atom stereocenters. The molecular weight excluding hydrogens is 226 g/mol. The van der Waals surface area contributed by atoms with Gasteiger partial charge in [0, 0.05) is 6.04 Å². The van der Waals surface area contributed by atoms with Gasteiger partial charge in [0.2, 0.25) is 0 Å². The highest BCUT2D eigenvalue weighted by molar-refractivity contribution is 5.19. The number of rotatable bonds is 8. The molecule has 1 N–H and O–H groups in total. The minimum atomic E-state index is 0.463. The SMILES string of the molecule is C=C(C)CCOCc1cc(C)c(CNC(C)C)o1. The molecule has 1 aromatic rings. The first kappa shape index (κ1) is 15.0. The van der Waals surface area contributed by atoms with Gasteiger partial charge >= 0.3 is 0 Å². The van der Waals surface area contributed by atoms with E-state index < -0.39 is 0 Å². The molecule has 0 aliphatic rings. The van der Waals surface area contributed by atoms with Gasteiger partial charge in [0.05, 0.1) is 13.2 Å². The van der Waals surface area contributed by atoms with Crippen LogP contribution in [0.25, 0.3) is 0 Å². The van der Waals surface area contributed by atoms with E-state index >= 15 is 0 Å². The van der Waals surface area contributed by atoms with E-state index in [9.17, 15) is 0 Å². The minimum Gasteiger partial charge on any atom is -0.462 e. The molecule has 18 heavy (non-hydrogen) atoms. The van der Waals surface area contributed by atoms with Crippen LogP contribution >= 0.6 is 0 Å². The zero-order chi connectivity index (χ0) is 13.5. The van der Waals surface area contributed by atoms with Crippen molar-refractivity contribution in [3.63, 3.8) is 0 Å². The Morgan fingerprint density at radius 3 is 2.83 bits per heavy atom. The van der Waals surface area contributed by atoms with Crippen molar-refractivity contribution in [1.29, 1.82) is 0 Å². The largest absolute Gasteiger partial charge is 0.462 e. The molecule has 0 bridgehead atoms. The van der Waals surface area contributed by atoms with E-state index in [2.05, 4.69) is 38.7 Å². The highest BCUT2D eigenvalue weighted by Crippen LogP contribution is 2.15. The fourth-order valence-electron chi connectivity index (χ4n) is 1.55. The van der Waals surface area contributed by atoms with E-state index in [1.54, 1.807) is 0 Å². The molecular formula is C15H25NO2. The normalized spacial score (nSPS) is 11.2. The van der Waals surface area contributed by atoms with Crippen LogP contribution in [0.5, 0.6) is 0 Å². The quantitative estimate of drug-likeness (QED) is 0.566. The molecule has 0 aliphatic carbocycles. The lowest BCUT2D eigenvalue weighted by molar-refractivity contribution is 0.108. The van der Waals surface area contributed by atoms with Gasteiger partial charge in [-0.3, -0.25) is 0 Å². The summed E-state index contributed by atoms with van der Waals surface area (Å²) in [6.45, 7) is 14.2. The molecule has 0 spiro atoms. The Morgan fingerprint density at radius 1 is 1.50 bits per heavy atom. The Hall–Kier alpha value is -1.06. The third-order valence-corrected chi connectivity index (χ3v) is 2.66. The van der Waals surface area contributed by atoms with Crippen molar-refractivity contribution in [1.82, 2.24) is 5.32 Å². The van der Waals surface area contributed by atoms with E-state index in [1.807, 2.05) is 6.92 Å². The maximum absolute atomic E-state index is 5.76. The second kappa shape index (κ2) is 7.39. The van der Waals surface area contributed by atoms with Gasteiger partial charge in [0.25, 0.3) is 0 Å². The van der Waals surface area contributed by atoms with Gasteiger partial charge in [0.15, 0.2) is 0 Å². The molecule has 1 heterocycles. The lowest BCUT2D eigenvalue weighted by Gasteiger charge is -2.06. The third-order valence-electron chi connectivity index (χ3n) is 2.66. The summed E-state index contributed by atoms with van der Waals surface area (Å²) in [6, 6.07) is 2.52. The Bertz CT molecular complexity index is 380. The van der Waals surface area contributed by atoms with E-state index in [4.69, 9.17) is 9.15 Å². The number of aryl methyl sites for hydroxylation is 1. The van der Waals surface area contributed by atoms with E-state index in [-0.39, 0.29) is 0 Å². The first-order chi connectivity index (χ1) is 8.49. The molecule has 102 valence electrons. The maximum atomic E-state index is 5.76. The Labute approximate surface area is 110 Å². The maximum Gasteiger partial charge on any atom is 0.130 e. The smallest absolute Gasteiger partial charge is 0.130 e. The fourth-order valence-corrected chi connectivity index (χ4v) is 1.55. The molecule has 0 aliphatic heterocycles. The van der Waals surface area contributed by atoms with Crippen LogP contribution in [-0.4, -0.2) is 12.6 Å². The molecule has 0 amide bonds. The molecule has 0 fully saturated rings. The van der Waals surface area contributed by atoms with Crippen LogP contribution in [0.15, 0.2) is 22.6 Å². The van der Waals surface area contributed by atoms with E-state index in [0.717, 1.165) is 30.1 Å². The minimum absolute atomic E-state index is 0.463. The Kier molecular flexibility index (Phi) is 6.16. The number of hydrogen-bond acceptors (Lipinski definition) is 3. The molecule has 3 heteroatoms. The summed E-state index contributed by atoms with van der Waals surface area (Å²) in [4.78, 5) is 0. The van der Waals surface area contributed by atoms with Crippen LogP contribution in [0.4, 0.5) is 0 Å². The zero-order valence-corrected chi connectivity index (χ0v) is 12.0. The summed E-state index contributed by atoms with van der Waals surface area (Å²) in [5.74, 6) is 1.90. The second-order valence-corrected chi connectivity index (χ2v) is 5.11. The predicted octanol–water partition coefficient (Wildman–Crippen LogP) is 3.57. The zero-order valence-electron chi connectivity index (χ0n) is 12.0. The van der Waals surface area contributed by atoms with Gasteiger partial charge < -0.3 is 14.5 Å². The highest BCUT2D eigenvalue weighted by Gasteiger charge is 2.08. The monoisotopic (exact) mass is 251 g/mol. The van der Waals surface area contributed by atoms with Crippen molar-refractivity contribution >= 4 is 0 Å². The molecule has 1 rings (SSSR count). The number of ether oxygens (including phenoxy) is 1. The van der Waals surface area contributed by atoms with Gasteiger partial charge in [-0.05, 0) is 31.9 Å². The van der Waals surface area contributed by atoms with Crippen LogP contribution in [0, 0.1) is 6.92 Å². The van der Waals surface area contributed by atoms with Crippen molar-refractivity contribution in [2.75, 3.05) is 6.61 Å². The molecule has 0 saturated heterocycles. The first-order valence-electron chi connectivity index (χ1n) is 6.52. The van der Waals surface area contributed by atoms with E-state index in [0.29, 0.717) is 19.3 Å². The first-order valence-corrected chi connectivity index (χ1v) is 6.52. The van der Waals surface area contributed by atoms with Crippen molar-refractivity contribution in [2.45, 2.75) is 53.3 Å². The summed E-state index contributed by atoms with van der Waals surface area (Å²) in [6.07, 6.45) is 0.904. The van der Waals surface area contributed by atoms with Crippen LogP contribution in [0.3, 0.4) is 0 Å². The van der Waals surface area contributed by atoms with Gasteiger partial charge in [0.1, 0.15) is 18.1 Å². The standard InChI is InChI=1S/C15H25NO2/c1-11(2)6-7-17-10-14-8-13(5)15(18-14)9-16-12(3)4/h8,12,16H,1,6-7,9-10H2,2-5H3. The van der Waals surface area contributed by atoms with Crippen LogP contribution in [0.2, 0.25) is 0 Å². The third kappa shape index (κ3) is 5.52. The fraction of sp³-hybridized carbons (Fsp3) is 0.600. The van der Waals surface area contributed by atoms with Crippen molar-refractivity contribution in [2.24, 2.45) is 0 Å². The Balaban J connectivity index is 2.38. The average Bonchev–Trinajstić information content (AvgIpc) is 2.62. The van der Waals surface area contributed by atoms with Crippen molar-refractivity contribution in [3.05, 3.63) is 35.3 Å². The van der Waals surface area contributed by atoms with E-state index in [1.165, 1.54) is 5.56 Å². The van der Waals surface area contributed by atoms with Gasteiger partial charge in [-0.1, -0.05) is 19.4 Å². The average molecular weight is 251 g/mol. The van der Waals surface area contributed by atoms with Crippen LogP contribution in [-0.2, 0) is 17.9 Å². The van der Waals surface area contributed by atoms with Crippen LogP contribution in [0.1, 0.15) is 44.3 Å². The molecule has 0 radical (unpaired) electrons. The predicted molar refractivity (Wildman–Crippen MR) is 74.5 cm³/mol. The van der Waals surface area contributed by atoms with Crippen LogP contribution < -0.4 is 5.32 Å². The number of furan rings is 1. The number of hydrogen-bond donors (Lipinski definition) is 1. The molecule has 0 saturated carbocycles. The summed E-state index contributed by atoms with van der Waals surface area (Å²) in [5, 5.41) is 3.35. The molecule has 1 aromatic heterocycles.